The van der Waals surface area contributed by atoms with E-state index in [-0.39, 0.29) is 5.82 Å². The Morgan fingerprint density at radius 3 is 2.52 bits per heavy atom. The summed E-state index contributed by atoms with van der Waals surface area (Å²) in [7, 11) is 1.62. The van der Waals surface area contributed by atoms with E-state index in [0.29, 0.717) is 11.5 Å². The number of ether oxygens (including phenoxy) is 2. The monoisotopic (exact) mass is 284 g/mol. The Kier molecular flexibility index (Phi) is 3.55. The second kappa shape index (κ2) is 5.66. The van der Waals surface area contributed by atoms with Crippen molar-refractivity contribution in [2.24, 2.45) is 0 Å². The smallest absolute Gasteiger partial charge is 0.165 e. The first-order chi connectivity index (χ1) is 10.2. The van der Waals surface area contributed by atoms with Crippen LogP contribution in [0.1, 0.15) is 0 Å². The molecule has 0 bridgehead atoms. The van der Waals surface area contributed by atoms with Crippen molar-refractivity contribution in [1.82, 2.24) is 9.78 Å². The van der Waals surface area contributed by atoms with Crippen molar-refractivity contribution >= 4 is 0 Å². The highest BCUT2D eigenvalue weighted by atomic mass is 19.1. The van der Waals surface area contributed by atoms with Crippen LogP contribution in [0.25, 0.3) is 5.69 Å². The van der Waals surface area contributed by atoms with Gasteiger partial charge in [0.25, 0.3) is 0 Å². The van der Waals surface area contributed by atoms with Crippen LogP contribution in [0.15, 0.2) is 60.9 Å². The van der Waals surface area contributed by atoms with Crippen molar-refractivity contribution in [3.05, 3.63) is 66.7 Å². The predicted octanol–water partition coefficient (Wildman–Crippen LogP) is 3.81. The second-order valence-electron chi connectivity index (χ2n) is 4.38. The van der Waals surface area contributed by atoms with E-state index in [1.165, 1.54) is 12.1 Å². The van der Waals surface area contributed by atoms with Crippen molar-refractivity contribution in [2.45, 2.75) is 0 Å². The fourth-order valence-corrected chi connectivity index (χ4v) is 1.90. The van der Waals surface area contributed by atoms with E-state index in [0.717, 1.165) is 11.4 Å². The number of aromatic nitrogens is 2. The molecule has 4 nitrogen and oxygen atoms in total. The van der Waals surface area contributed by atoms with Gasteiger partial charge in [-0.25, -0.2) is 9.07 Å². The molecule has 0 fully saturated rings. The zero-order chi connectivity index (χ0) is 14.7. The molecule has 0 saturated carbocycles. The molecular weight excluding hydrogens is 271 g/mol. The zero-order valence-electron chi connectivity index (χ0n) is 11.4. The second-order valence-corrected chi connectivity index (χ2v) is 4.38. The number of benzene rings is 2. The normalized spacial score (nSPS) is 10.4. The Morgan fingerprint density at radius 1 is 1.00 bits per heavy atom. The van der Waals surface area contributed by atoms with Gasteiger partial charge < -0.3 is 9.47 Å². The van der Waals surface area contributed by atoms with Crippen LogP contribution in [-0.4, -0.2) is 16.9 Å². The Hall–Kier alpha value is -2.82. The van der Waals surface area contributed by atoms with E-state index in [9.17, 15) is 4.39 Å². The van der Waals surface area contributed by atoms with E-state index < -0.39 is 0 Å². The minimum atomic E-state index is -0.338. The van der Waals surface area contributed by atoms with Crippen molar-refractivity contribution in [3.8, 4) is 22.9 Å². The predicted molar refractivity (Wildman–Crippen MR) is 76.6 cm³/mol. The fraction of sp³-hybridized carbons (Fsp3) is 0.0625. The standard InChI is InChI=1S/C16H13FN2O2/c1-20-14-7-5-13(6-8-14)19-11-16(10-18-19)21-15-4-2-3-12(17)9-15/h2-11H,1H3. The summed E-state index contributed by atoms with van der Waals surface area (Å²) in [5, 5.41) is 4.22. The molecule has 0 aliphatic carbocycles. The highest BCUT2D eigenvalue weighted by Crippen LogP contribution is 2.23. The third kappa shape index (κ3) is 3.02. The van der Waals surface area contributed by atoms with Gasteiger partial charge in [0.15, 0.2) is 5.75 Å². The van der Waals surface area contributed by atoms with Crippen LogP contribution in [0, 0.1) is 5.82 Å². The van der Waals surface area contributed by atoms with Gasteiger partial charge in [-0.3, -0.25) is 0 Å². The van der Waals surface area contributed by atoms with Gasteiger partial charge in [-0.15, -0.1) is 0 Å². The summed E-state index contributed by atoms with van der Waals surface area (Å²) in [4.78, 5) is 0. The maximum Gasteiger partial charge on any atom is 0.165 e. The summed E-state index contributed by atoms with van der Waals surface area (Å²) in [6.07, 6.45) is 3.31. The summed E-state index contributed by atoms with van der Waals surface area (Å²) >= 11 is 0. The van der Waals surface area contributed by atoms with Crippen LogP contribution in [0.3, 0.4) is 0 Å². The van der Waals surface area contributed by atoms with Gasteiger partial charge in [-0.05, 0) is 36.4 Å². The van der Waals surface area contributed by atoms with Crippen molar-refractivity contribution in [2.75, 3.05) is 7.11 Å². The van der Waals surface area contributed by atoms with Gasteiger partial charge in [-0.2, -0.15) is 5.10 Å². The van der Waals surface area contributed by atoms with E-state index in [2.05, 4.69) is 5.10 Å². The lowest BCUT2D eigenvalue weighted by atomic mass is 10.3. The largest absolute Gasteiger partial charge is 0.497 e. The molecule has 106 valence electrons. The van der Waals surface area contributed by atoms with Crippen LogP contribution in [0.2, 0.25) is 0 Å². The summed E-state index contributed by atoms with van der Waals surface area (Å²) in [6, 6.07) is 13.5. The lowest BCUT2D eigenvalue weighted by molar-refractivity contribution is 0.414. The number of halogens is 1. The van der Waals surface area contributed by atoms with Crippen LogP contribution < -0.4 is 9.47 Å². The van der Waals surface area contributed by atoms with E-state index >= 15 is 0 Å². The van der Waals surface area contributed by atoms with E-state index in [4.69, 9.17) is 9.47 Å². The summed E-state index contributed by atoms with van der Waals surface area (Å²) in [5.74, 6) is 1.41. The molecule has 0 saturated heterocycles. The molecule has 1 heterocycles. The molecule has 5 heteroatoms. The van der Waals surface area contributed by atoms with E-state index in [1.54, 1.807) is 36.3 Å². The summed E-state index contributed by atoms with van der Waals surface area (Å²) in [6.45, 7) is 0. The molecule has 1 aromatic heterocycles. The maximum atomic E-state index is 13.1. The first-order valence-electron chi connectivity index (χ1n) is 6.37. The summed E-state index contributed by atoms with van der Waals surface area (Å²) < 4.78 is 25.4. The molecule has 0 N–H and O–H groups in total. The van der Waals surface area contributed by atoms with Crippen LogP contribution in [-0.2, 0) is 0 Å². The third-order valence-electron chi connectivity index (χ3n) is 2.93. The average Bonchev–Trinajstić information content (AvgIpc) is 2.96. The fourth-order valence-electron chi connectivity index (χ4n) is 1.90. The topological polar surface area (TPSA) is 36.3 Å². The molecular formula is C16H13FN2O2. The zero-order valence-corrected chi connectivity index (χ0v) is 11.4. The first-order valence-corrected chi connectivity index (χ1v) is 6.37. The molecule has 2 aromatic carbocycles. The first kappa shape index (κ1) is 13.2. The third-order valence-corrected chi connectivity index (χ3v) is 2.93. The van der Waals surface area contributed by atoms with Crippen LogP contribution in [0.4, 0.5) is 4.39 Å². The number of hydrogen-bond donors (Lipinski definition) is 0. The molecule has 0 aliphatic rings. The number of rotatable bonds is 4. The van der Waals surface area contributed by atoms with Crippen molar-refractivity contribution < 1.29 is 13.9 Å². The van der Waals surface area contributed by atoms with Gasteiger partial charge >= 0.3 is 0 Å². The van der Waals surface area contributed by atoms with Gasteiger partial charge in [0.1, 0.15) is 17.3 Å². The van der Waals surface area contributed by atoms with E-state index in [1.807, 2.05) is 24.3 Å². The number of hydrogen-bond acceptors (Lipinski definition) is 3. The molecule has 0 radical (unpaired) electrons. The Bertz CT molecular complexity index is 738. The molecule has 0 spiro atoms. The van der Waals surface area contributed by atoms with Crippen LogP contribution in [0.5, 0.6) is 17.2 Å². The highest BCUT2D eigenvalue weighted by Gasteiger charge is 2.04. The minimum Gasteiger partial charge on any atom is -0.497 e. The molecule has 0 aliphatic heterocycles. The van der Waals surface area contributed by atoms with Crippen LogP contribution >= 0.6 is 0 Å². The number of methoxy groups -OCH3 is 1. The SMILES string of the molecule is COc1ccc(-n2cc(Oc3cccc(F)c3)cn2)cc1. The molecule has 21 heavy (non-hydrogen) atoms. The molecule has 0 atom stereocenters. The Balaban J connectivity index is 1.79. The Labute approximate surface area is 121 Å². The molecule has 3 aromatic rings. The van der Waals surface area contributed by atoms with Gasteiger partial charge in [0, 0.05) is 6.07 Å². The number of nitrogens with zero attached hydrogens (tertiary/aromatic N) is 2. The van der Waals surface area contributed by atoms with Gasteiger partial charge in [0.2, 0.25) is 0 Å². The van der Waals surface area contributed by atoms with Gasteiger partial charge in [0.05, 0.1) is 25.2 Å². The average molecular weight is 284 g/mol. The minimum absolute atomic E-state index is 0.338. The summed E-state index contributed by atoms with van der Waals surface area (Å²) in [5.41, 5.74) is 0.880. The Morgan fingerprint density at radius 2 is 1.81 bits per heavy atom. The van der Waals surface area contributed by atoms with Crippen molar-refractivity contribution in [1.29, 1.82) is 0 Å². The molecule has 3 rings (SSSR count). The lowest BCUT2D eigenvalue weighted by Crippen LogP contribution is -1.93. The van der Waals surface area contributed by atoms with Crippen molar-refractivity contribution in [3.63, 3.8) is 0 Å². The molecule has 0 unspecified atom stereocenters. The quantitative estimate of drug-likeness (QED) is 0.731. The maximum absolute atomic E-state index is 13.1. The molecule has 0 amide bonds. The van der Waals surface area contributed by atoms with Gasteiger partial charge in [-0.1, -0.05) is 6.07 Å². The lowest BCUT2D eigenvalue weighted by Gasteiger charge is -2.03. The highest BCUT2D eigenvalue weighted by molar-refractivity contribution is 5.38.